The number of hydrogen-bond acceptors (Lipinski definition) is 2. The lowest BCUT2D eigenvalue weighted by molar-refractivity contribution is -0.128. The van der Waals surface area contributed by atoms with Gasteiger partial charge >= 0.3 is 0 Å². The Labute approximate surface area is 67.6 Å². The lowest BCUT2D eigenvalue weighted by Crippen LogP contribution is -2.32. The van der Waals surface area contributed by atoms with E-state index in [1.807, 2.05) is 6.92 Å². The highest BCUT2D eigenvalue weighted by atomic mass is 16.3. The van der Waals surface area contributed by atoms with Gasteiger partial charge in [-0.2, -0.15) is 0 Å². The van der Waals surface area contributed by atoms with Crippen LogP contribution in [0.3, 0.4) is 0 Å². The summed E-state index contributed by atoms with van der Waals surface area (Å²) in [4.78, 5) is 11.1. The SMILES string of the molecule is CC(=O)C1(C)CCC(O)CC1. The minimum atomic E-state index is -0.164. The van der Waals surface area contributed by atoms with Gasteiger partial charge in [0.2, 0.25) is 0 Å². The summed E-state index contributed by atoms with van der Waals surface area (Å²) < 4.78 is 0. The summed E-state index contributed by atoms with van der Waals surface area (Å²) in [7, 11) is 0. The Morgan fingerprint density at radius 3 is 2.27 bits per heavy atom. The van der Waals surface area contributed by atoms with Crippen molar-refractivity contribution in [1.82, 2.24) is 0 Å². The molecule has 0 unspecified atom stereocenters. The van der Waals surface area contributed by atoms with Gasteiger partial charge in [0, 0.05) is 5.41 Å². The molecule has 2 nitrogen and oxygen atoms in total. The van der Waals surface area contributed by atoms with Gasteiger partial charge in [0.25, 0.3) is 0 Å². The fourth-order valence-corrected chi connectivity index (χ4v) is 1.59. The van der Waals surface area contributed by atoms with Crippen molar-refractivity contribution in [1.29, 1.82) is 0 Å². The lowest BCUT2D eigenvalue weighted by Gasteiger charge is -2.33. The highest BCUT2D eigenvalue weighted by Gasteiger charge is 2.33. The normalized spacial score (nSPS) is 38.6. The average molecular weight is 156 g/mol. The van der Waals surface area contributed by atoms with Crippen LogP contribution in [0.25, 0.3) is 0 Å². The second-order valence-electron chi connectivity index (χ2n) is 3.85. The number of aliphatic hydroxyl groups excluding tert-OH is 1. The first kappa shape index (κ1) is 8.72. The van der Waals surface area contributed by atoms with Gasteiger partial charge in [0.15, 0.2) is 0 Å². The fourth-order valence-electron chi connectivity index (χ4n) is 1.59. The topological polar surface area (TPSA) is 37.3 Å². The van der Waals surface area contributed by atoms with Gasteiger partial charge in [-0.3, -0.25) is 4.79 Å². The zero-order chi connectivity index (χ0) is 8.48. The van der Waals surface area contributed by atoms with Crippen LogP contribution >= 0.6 is 0 Å². The molecule has 1 rings (SSSR count). The van der Waals surface area contributed by atoms with Crippen LogP contribution in [0.2, 0.25) is 0 Å². The van der Waals surface area contributed by atoms with Crippen molar-refractivity contribution in [2.24, 2.45) is 5.41 Å². The maximum atomic E-state index is 11.1. The molecule has 0 aromatic heterocycles. The molecule has 0 amide bonds. The van der Waals surface area contributed by atoms with E-state index in [0.717, 1.165) is 25.7 Å². The van der Waals surface area contributed by atoms with Crippen LogP contribution in [-0.2, 0) is 4.79 Å². The lowest BCUT2D eigenvalue weighted by atomic mass is 9.72. The first-order valence-corrected chi connectivity index (χ1v) is 4.24. The number of hydrogen-bond donors (Lipinski definition) is 1. The van der Waals surface area contributed by atoms with Crippen molar-refractivity contribution in [3.63, 3.8) is 0 Å². The van der Waals surface area contributed by atoms with Gasteiger partial charge in [-0.1, -0.05) is 6.92 Å². The molecule has 2 heteroatoms. The Hall–Kier alpha value is -0.370. The van der Waals surface area contributed by atoms with E-state index >= 15 is 0 Å². The second kappa shape index (κ2) is 2.94. The molecule has 0 aliphatic heterocycles. The van der Waals surface area contributed by atoms with Crippen molar-refractivity contribution in [2.75, 3.05) is 0 Å². The second-order valence-corrected chi connectivity index (χ2v) is 3.85. The molecule has 1 aliphatic carbocycles. The quantitative estimate of drug-likeness (QED) is 0.625. The molecule has 0 spiro atoms. The van der Waals surface area contributed by atoms with E-state index in [9.17, 15) is 9.90 Å². The van der Waals surface area contributed by atoms with Crippen molar-refractivity contribution in [3.8, 4) is 0 Å². The Bertz CT molecular complexity index is 155. The first-order valence-electron chi connectivity index (χ1n) is 4.24. The predicted octanol–water partition coefficient (Wildman–Crippen LogP) is 1.52. The number of carbonyl (C=O) groups is 1. The van der Waals surface area contributed by atoms with Gasteiger partial charge < -0.3 is 5.11 Å². The number of rotatable bonds is 1. The monoisotopic (exact) mass is 156 g/mol. The third-order valence-corrected chi connectivity index (χ3v) is 2.91. The highest BCUT2D eigenvalue weighted by molar-refractivity contribution is 5.81. The number of carbonyl (C=O) groups excluding carboxylic acids is 1. The molecule has 1 saturated carbocycles. The van der Waals surface area contributed by atoms with E-state index in [1.54, 1.807) is 6.92 Å². The summed E-state index contributed by atoms with van der Waals surface area (Å²) in [5.41, 5.74) is -0.140. The molecule has 0 aromatic rings. The van der Waals surface area contributed by atoms with E-state index in [-0.39, 0.29) is 17.3 Å². The van der Waals surface area contributed by atoms with Crippen molar-refractivity contribution >= 4 is 5.78 Å². The summed E-state index contributed by atoms with van der Waals surface area (Å²) in [6, 6.07) is 0. The van der Waals surface area contributed by atoms with Crippen LogP contribution in [0.15, 0.2) is 0 Å². The van der Waals surface area contributed by atoms with Crippen LogP contribution < -0.4 is 0 Å². The smallest absolute Gasteiger partial charge is 0.135 e. The minimum Gasteiger partial charge on any atom is -0.393 e. The van der Waals surface area contributed by atoms with Crippen LogP contribution in [-0.4, -0.2) is 17.0 Å². The third-order valence-electron chi connectivity index (χ3n) is 2.91. The fraction of sp³-hybridized carbons (Fsp3) is 0.889. The summed E-state index contributed by atoms with van der Waals surface area (Å²) in [5, 5.41) is 9.21. The molecular formula is C9H16O2. The molecule has 0 bridgehead atoms. The molecule has 64 valence electrons. The Kier molecular flexibility index (Phi) is 2.33. The molecule has 0 radical (unpaired) electrons. The maximum absolute atomic E-state index is 11.1. The number of aliphatic hydroxyl groups is 1. The Morgan fingerprint density at radius 2 is 1.91 bits per heavy atom. The van der Waals surface area contributed by atoms with Crippen molar-refractivity contribution in [3.05, 3.63) is 0 Å². The summed E-state index contributed by atoms with van der Waals surface area (Å²) in [5.74, 6) is 0.268. The molecule has 0 aromatic carbocycles. The first-order chi connectivity index (χ1) is 5.04. The molecule has 1 aliphatic rings. The summed E-state index contributed by atoms with van der Waals surface area (Å²) >= 11 is 0. The molecule has 0 atom stereocenters. The van der Waals surface area contributed by atoms with Gasteiger partial charge in [-0.25, -0.2) is 0 Å². The molecular weight excluding hydrogens is 140 g/mol. The maximum Gasteiger partial charge on any atom is 0.135 e. The summed E-state index contributed by atoms with van der Waals surface area (Å²) in [6.07, 6.45) is 3.11. The largest absolute Gasteiger partial charge is 0.393 e. The average Bonchev–Trinajstić information content (AvgIpc) is 1.95. The van der Waals surface area contributed by atoms with E-state index in [1.165, 1.54) is 0 Å². The van der Waals surface area contributed by atoms with Crippen molar-refractivity contribution < 1.29 is 9.90 Å². The standard InChI is InChI=1S/C9H16O2/c1-7(10)9(2)5-3-8(11)4-6-9/h8,11H,3-6H2,1-2H3. The molecule has 1 N–H and O–H groups in total. The van der Waals surface area contributed by atoms with Crippen LogP contribution in [0.4, 0.5) is 0 Å². The van der Waals surface area contributed by atoms with E-state index < -0.39 is 0 Å². The zero-order valence-electron chi connectivity index (χ0n) is 7.26. The van der Waals surface area contributed by atoms with Crippen LogP contribution in [0, 0.1) is 5.41 Å². The van der Waals surface area contributed by atoms with Crippen LogP contribution in [0.5, 0.6) is 0 Å². The van der Waals surface area contributed by atoms with Gasteiger partial charge in [-0.05, 0) is 32.6 Å². The Morgan fingerprint density at radius 1 is 1.45 bits per heavy atom. The van der Waals surface area contributed by atoms with Crippen LogP contribution in [0.1, 0.15) is 39.5 Å². The zero-order valence-corrected chi connectivity index (χ0v) is 7.26. The molecule has 11 heavy (non-hydrogen) atoms. The summed E-state index contributed by atoms with van der Waals surface area (Å²) in [6.45, 7) is 3.65. The number of ketones is 1. The molecule has 0 heterocycles. The molecule has 0 saturated heterocycles. The van der Waals surface area contributed by atoms with E-state index in [2.05, 4.69) is 0 Å². The minimum absolute atomic E-state index is 0.140. The Balaban J connectivity index is 2.55. The number of Topliss-reactive ketones (excluding diaryl/α,β-unsaturated/α-hetero) is 1. The van der Waals surface area contributed by atoms with Gasteiger partial charge in [0.05, 0.1) is 6.10 Å². The third kappa shape index (κ3) is 1.80. The molecule has 1 fully saturated rings. The van der Waals surface area contributed by atoms with Gasteiger partial charge in [0.1, 0.15) is 5.78 Å². The van der Waals surface area contributed by atoms with E-state index in [0.29, 0.717) is 0 Å². The van der Waals surface area contributed by atoms with E-state index in [4.69, 9.17) is 0 Å². The predicted molar refractivity (Wildman–Crippen MR) is 43.3 cm³/mol. The van der Waals surface area contributed by atoms with Gasteiger partial charge in [-0.15, -0.1) is 0 Å². The van der Waals surface area contributed by atoms with Crippen molar-refractivity contribution in [2.45, 2.75) is 45.6 Å². The highest BCUT2D eigenvalue weighted by Crippen LogP contribution is 2.36.